The first-order valence-electron chi connectivity index (χ1n) is 17.2. The second kappa shape index (κ2) is 13.0. The minimum Gasteiger partial charge on any atom is -0.463 e. The van der Waals surface area contributed by atoms with Gasteiger partial charge in [-0.15, -0.1) is 0 Å². The van der Waals surface area contributed by atoms with Crippen molar-refractivity contribution in [1.29, 1.82) is 0 Å². The zero-order valence-corrected chi connectivity index (χ0v) is 30.0. The summed E-state index contributed by atoms with van der Waals surface area (Å²) < 4.78 is 50.6. The van der Waals surface area contributed by atoms with Gasteiger partial charge < -0.3 is 10.5 Å². The van der Waals surface area contributed by atoms with Crippen LogP contribution in [0.4, 0.5) is 13.2 Å². The van der Waals surface area contributed by atoms with Crippen molar-refractivity contribution in [3.63, 3.8) is 0 Å². The molecule has 4 aromatic rings. The van der Waals surface area contributed by atoms with Gasteiger partial charge >= 0.3 is 5.97 Å². The van der Waals surface area contributed by atoms with E-state index in [0.717, 1.165) is 35.0 Å². The first-order chi connectivity index (χ1) is 24.6. The Labute approximate surface area is 304 Å². The fraction of sp³-hybridized carbons (Fsp3) is 0.459. The molecule has 1 amide bonds. The number of alkyl halides is 3. The van der Waals surface area contributed by atoms with Gasteiger partial charge in [-0.3, -0.25) is 19.2 Å². The molecule has 2 N–H and O–H groups in total. The van der Waals surface area contributed by atoms with Crippen LogP contribution in [0.25, 0.3) is 16.8 Å². The molecule has 2 aromatic heterocycles. The average Bonchev–Trinajstić information content (AvgIpc) is 3.81. The number of aliphatic imine (C=N–C) groups is 1. The van der Waals surface area contributed by atoms with Crippen LogP contribution in [0.1, 0.15) is 95.3 Å². The van der Waals surface area contributed by atoms with Gasteiger partial charge in [0.1, 0.15) is 18.6 Å². The molecule has 2 saturated carbocycles. The zero-order valence-electron chi connectivity index (χ0n) is 29.3. The fourth-order valence-electron chi connectivity index (χ4n) is 6.98. The quantitative estimate of drug-likeness (QED) is 0.151. The molecule has 0 bridgehead atoms. The molecule has 11 nitrogen and oxygen atoms in total. The van der Waals surface area contributed by atoms with Crippen LogP contribution in [-0.2, 0) is 19.9 Å². The lowest BCUT2D eigenvalue weighted by atomic mass is 9.75. The Hall–Kier alpha value is -4.72. The number of ether oxygens (including phenoxy) is 1. The summed E-state index contributed by atoms with van der Waals surface area (Å²) in [6.07, 6.45) is 4.48. The molecule has 0 spiro atoms. The van der Waals surface area contributed by atoms with Crippen LogP contribution in [0.15, 0.2) is 66.2 Å². The van der Waals surface area contributed by atoms with Crippen LogP contribution in [0.2, 0.25) is 5.02 Å². The summed E-state index contributed by atoms with van der Waals surface area (Å²) in [5, 5.41) is 8.54. The van der Waals surface area contributed by atoms with E-state index in [1.165, 1.54) is 24.0 Å². The van der Waals surface area contributed by atoms with Crippen molar-refractivity contribution in [3.05, 3.63) is 83.2 Å². The topological polar surface area (TPSA) is 134 Å². The lowest BCUT2D eigenvalue weighted by Gasteiger charge is -2.35. The number of nitrogens with two attached hydrogens (primary N) is 1. The molecule has 2 aromatic carbocycles. The number of aromatic nitrogens is 5. The SMILES string of the molecule is CC(C)(C)C[C@]1(c2ccc(-c3cnn(C4CC4)c3)cc2)N=C(N)N([C@H](COC(=O)CC2CC2(C)F)c2ccc(Cl)c(-n3ncnc3C(F)F)c2)C1=O. The molecule has 0 radical (unpaired) electrons. The highest BCUT2D eigenvalue weighted by Crippen LogP contribution is 2.49. The fourth-order valence-corrected chi connectivity index (χ4v) is 7.18. The minimum atomic E-state index is -2.95. The maximum atomic E-state index is 15.0. The molecule has 2 unspecified atom stereocenters. The minimum absolute atomic E-state index is 0.0678. The number of hydrogen-bond acceptors (Lipinski definition) is 8. The Morgan fingerprint density at radius 1 is 1.12 bits per heavy atom. The molecular weight excluding hydrogens is 697 g/mol. The maximum Gasteiger partial charge on any atom is 0.306 e. The summed E-state index contributed by atoms with van der Waals surface area (Å²) in [4.78, 5) is 37.8. The Morgan fingerprint density at radius 2 is 1.83 bits per heavy atom. The van der Waals surface area contributed by atoms with Gasteiger partial charge in [0.2, 0.25) is 0 Å². The third kappa shape index (κ3) is 6.92. The number of halogens is 4. The maximum absolute atomic E-state index is 15.0. The van der Waals surface area contributed by atoms with E-state index in [1.807, 2.05) is 62.1 Å². The number of amides is 1. The second-order valence-corrected chi connectivity index (χ2v) is 15.8. The summed E-state index contributed by atoms with van der Waals surface area (Å²) >= 11 is 6.49. The smallest absolute Gasteiger partial charge is 0.306 e. The van der Waals surface area contributed by atoms with Gasteiger partial charge in [0.25, 0.3) is 12.3 Å². The zero-order chi connectivity index (χ0) is 37.2. The number of carbonyl (C=O) groups excluding carboxylic acids is 2. The van der Waals surface area contributed by atoms with E-state index in [2.05, 4.69) is 15.2 Å². The van der Waals surface area contributed by atoms with Crippen molar-refractivity contribution >= 4 is 29.4 Å². The predicted octanol–water partition coefficient (Wildman–Crippen LogP) is 7.27. The largest absolute Gasteiger partial charge is 0.463 e. The Bertz CT molecular complexity index is 2040. The first kappa shape index (κ1) is 35.7. The number of nitrogens with zero attached hydrogens (tertiary/aromatic N) is 7. The molecule has 3 heterocycles. The van der Waals surface area contributed by atoms with Crippen molar-refractivity contribution in [2.75, 3.05) is 6.61 Å². The summed E-state index contributed by atoms with van der Waals surface area (Å²) in [6, 6.07) is 11.5. The van der Waals surface area contributed by atoms with Crippen LogP contribution in [-0.4, -0.2) is 59.6 Å². The number of hydrogen-bond donors (Lipinski definition) is 1. The van der Waals surface area contributed by atoms with Crippen LogP contribution in [0.3, 0.4) is 0 Å². The summed E-state index contributed by atoms with van der Waals surface area (Å²) in [5.41, 5.74) is 6.28. The van der Waals surface area contributed by atoms with Crippen LogP contribution in [0.5, 0.6) is 0 Å². The van der Waals surface area contributed by atoms with Gasteiger partial charge in [-0.1, -0.05) is 62.7 Å². The van der Waals surface area contributed by atoms with Crippen LogP contribution < -0.4 is 5.73 Å². The first-order valence-corrected chi connectivity index (χ1v) is 17.6. The Morgan fingerprint density at radius 3 is 2.46 bits per heavy atom. The number of benzene rings is 2. The molecule has 2 fully saturated rings. The third-order valence-corrected chi connectivity index (χ3v) is 10.3. The lowest BCUT2D eigenvalue weighted by Crippen LogP contribution is -2.47. The molecule has 15 heteroatoms. The Balaban J connectivity index is 1.26. The molecule has 274 valence electrons. The molecule has 4 atom stereocenters. The molecular formula is C37H40ClF3N8O3. The van der Waals surface area contributed by atoms with Crippen LogP contribution in [0, 0.1) is 11.3 Å². The van der Waals surface area contributed by atoms with Gasteiger partial charge in [-0.25, -0.2) is 27.8 Å². The van der Waals surface area contributed by atoms with E-state index in [-0.39, 0.29) is 42.5 Å². The highest BCUT2D eigenvalue weighted by molar-refractivity contribution is 6.32. The standard InChI is InChI=1S/C37H40ClF3N8O3/c1-35(2,3)19-37(24-8-5-21(6-9-24)23-16-44-47(17-23)26-10-11-26)33(51)48(34(42)46-37)29(18-52-30(50)14-25-15-36(25,4)41)22-7-12-27(38)28(13-22)49-32(31(39)40)43-20-45-49/h5-9,12-13,16-17,20,25-26,29,31H,10-11,14-15,18-19H2,1-4H3,(H2,42,46)/t25?,29-,36?,37-/m1/s1. The van der Waals surface area contributed by atoms with Crippen molar-refractivity contribution in [2.24, 2.45) is 22.1 Å². The number of rotatable bonds is 12. The van der Waals surface area contributed by atoms with E-state index in [9.17, 15) is 22.8 Å². The van der Waals surface area contributed by atoms with Crippen molar-refractivity contribution < 1.29 is 27.5 Å². The van der Waals surface area contributed by atoms with E-state index in [1.54, 1.807) is 6.07 Å². The molecule has 7 rings (SSSR count). The summed E-state index contributed by atoms with van der Waals surface area (Å²) in [7, 11) is 0. The van der Waals surface area contributed by atoms with E-state index in [4.69, 9.17) is 27.1 Å². The van der Waals surface area contributed by atoms with Gasteiger partial charge in [-0.2, -0.15) is 10.2 Å². The predicted molar refractivity (Wildman–Crippen MR) is 187 cm³/mol. The molecule has 1 aliphatic heterocycles. The van der Waals surface area contributed by atoms with Gasteiger partial charge in [0.05, 0.1) is 35.4 Å². The molecule has 52 heavy (non-hydrogen) atoms. The summed E-state index contributed by atoms with van der Waals surface area (Å²) in [5.74, 6) is -2.32. The van der Waals surface area contributed by atoms with E-state index < -0.39 is 52.7 Å². The number of esters is 1. The van der Waals surface area contributed by atoms with Crippen molar-refractivity contribution in [2.45, 2.75) is 89.5 Å². The highest BCUT2D eigenvalue weighted by Gasteiger charge is 2.54. The lowest BCUT2D eigenvalue weighted by molar-refractivity contribution is -0.148. The van der Waals surface area contributed by atoms with E-state index in [0.29, 0.717) is 17.2 Å². The Kier molecular flexibility index (Phi) is 8.95. The normalized spacial score (nSPS) is 23.6. The average molecular weight is 737 g/mol. The molecule has 0 saturated heterocycles. The van der Waals surface area contributed by atoms with Crippen molar-refractivity contribution in [1.82, 2.24) is 29.4 Å². The third-order valence-electron chi connectivity index (χ3n) is 9.95. The number of carbonyl (C=O) groups is 2. The summed E-state index contributed by atoms with van der Waals surface area (Å²) in [6.45, 7) is 7.04. The van der Waals surface area contributed by atoms with Gasteiger partial charge in [0.15, 0.2) is 17.3 Å². The van der Waals surface area contributed by atoms with Gasteiger partial charge in [0, 0.05) is 17.7 Å². The monoisotopic (exact) mass is 736 g/mol. The molecule has 2 aliphatic carbocycles. The number of guanidine groups is 1. The van der Waals surface area contributed by atoms with Crippen molar-refractivity contribution in [3.8, 4) is 16.8 Å². The second-order valence-electron chi connectivity index (χ2n) is 15.4. The highest BCUT2D eigenvalue weighted by atomic mass is 35.5. The van der Waals surface area contributed by atoms with Crippen LogP contribution >= 0.6 is 11.6 Å². The van der Waals surface area contributed by atoms with Gasteiger partial charge in [-0.05, 0) is 66.8 Å². The molecule has 3 aliphatic rings. The van der Waals surface area contributed by atoms with E-state index >= 15 is 0 Å².